The summed E-state index contributed by atoms with van der Waals surface area (Å²) in [6.45, 7) is 17.2. The predicted octanol–water partition coefficient (Wildman–Crippen LogP) is 3.57. The van der Waals surface area contributed by atoms with Crippen molar-refractivity contribution in [1.29, 1.82) is 0 Å². The van der Waals surface area contributed by atoms with E-state index in [2.05, 4.69) is 16.7 Å². The zero-order valence-corrected chi connectivity index (χ0v) is 16.4. The third-order valence-corrected chi connectivity index (χ3v) is 7.31. The number of halogens is 1. The number of rotatable bonds is 3. The molecule has 5 nitrogen and oxygen atoms in total. The molecule has 0 spiro atoms. The van der Waals surface area contributed by atoms with Gasteiger partial charge in [0.15, 0.2) is 0 Å². The van der Waals surface area contributed by atoms with Crippen LogP contribution in [-0.2, 0) is 10.2 Å². The summed E-state index contributed by atoms with van der Waals surface area (Å²) in [4.78, 5) is 28.3. The summed E-state index contributed by atoms with van der Waals surface area (Å²) >= 11 is 6.67. The normalized spacial score (nSPS) is 36.7. The first-order valence-corrected chi connectivity index (χ1v) is 9.29. The van der Waals surface area contributed by atoms with Gasteiger partial charge in [0.25, 0.3) is 6.04 Å². The van der Waals surface area contributed by atoms with Gasteiger partial charge in [0.2, 0.25) is 17.8 Å². The van der Waals surface area contributed by atoms with Gasteiger partial charge < -0.3 is 15.3 Å². The molecule has 2 aliphatic rings. The number of ketones is 1. The van der Waals surface area contributed by atoms with E-state index in [4.69, 9.17) is 18.2 Å². The summed E-state index contributed by atoms with van der Waals surface area (Å²) in [5.74, 6) is -1.07. The summed E-state index contributed by atoms with van der Waals surface area (Å²) in [6, 6.07) is 4.15. The van der Waals surface area contributed by atoms with Crippen molar-refractivity contribution in [3.05, 3.63) is 53.4 Å². The van der Waals surface area contributed by atoms with Crippen LogP contribution in [-0.4, -0.2) is 34.3 Å². The summed E-state index contributed by atoms with van der Waals surface area (Å²) in [6.07, 6.45) is 2.45. The number of Topliss-reactive ketones (excluding diaryl/α,β-unsaturated/α-hetero) is 1. The molecule has 0 heterocycles. The zero-order valence-electron chi connectivity index (χ0n) is 15.6. The van der Waals surface area contributed by atoms with E-state index in [0.29, 0.717) is 18.5 Å². The molecule has 0 radical (unpaired) electrons. The predicted molar refractivity (Wildman–Crippen MR) is 105 cm³/mol. The lowest BCUT2D eigenvalue weighted by Gasteiger charge is -2.56. The number of carbonyl (C=O) groups excluding carboxylic acids is 2. The van der Waals surface area contributed by atoms with Crippen molar-refractivity contribution in [2.45, 2.75) is 49.6 Å². The molecule has 0 unspecified atom stereocenters. The monoisotopic (exact) mass is 386 g/mol. The van der Waals surface area contributed by atoms with Crippen LogP contribution in [0.3, 0.4) is 0 Å². The van der Waals surface area contributed by atoms with Crippen molar-refractivity contribution < 1.29 is 14.7 Å². The number of nitrogens with zero attached hydrogens (tertiary/aromatic N) is 1. The number of alkyl halides is 1. The molecule has 0 aromatic heterocycles. The van der Waals surface area contributed by atoms with Crippen molar-refractivity contribution >= 4 is 29.5 Å². The molecular weight excluding hydrogens is 364 g/mol. The molecule has 6 heteroatoms. The lowest BCUT2D eigenvalue weighted by Crippen LogP contribution is -2.70. The number of anilines is 1. The largest absolute Gasteiger partial charge is 0.374 e. The molecule has 1 saturated carbocycles. The van der Waals surface area contributed by atoms with Gasteiger partial charge in [-0.1, -0.05) is 32.1 Å². The minimum absolute atomic E-state index is 0.265. The Balaban J connectivity index is 2.35. The van der Waals surface area contributed by atoms with Crippen LogP contribution in [0.15, 0.2) is 30.9 Å². The number of carbonyl (C=O) groups is 2. The third-order valence-electron chi connectivity index (χ3n) is 6.66. The second-order valence-electron chi connectivity index (χ2n) is 8.22. The number of fused-ring (bicyclic) bond motifs is 2. The molecule has 1 amide bonds. The van der Waals surface area contributed by atoms with Gasteiger partial charge in [0.05, 0.1) is 16.5 Å². The fraction of sp³-hybridized carbons (Fsp3) is 0.476. The molecule has 3 rings (SSSR count). The fourth-order valence-corrected chi connectivity index (χ4v) is 5.37. The summed E-state index contributed by atoms with van der Waals surface area (Å²) in [5.41, 5.74) is -2.13. The molecule has 0 saturated heterocycles. The standard InChI is InChI=1S/C21H23ClN2O3/c1-6-20(4)15(22)10-14-19(2,3)12-8-7-9-13(24-11-25)16(12)17(26)21(14,27)18(20)23-5/h6-9,11,14-15,18,27H,1,10H2,2-4H3,(H,24,25)/t14-,15-,18+,20+,21-/m1/s1. The highest BCUT2D eigenvalue weighted by Gasteiger charge is 2.71. The van der Waals surface area contributed by atoms with E-state index >= 15 is 0 Å². The van der Waals surface area contributed by atoms with Crippen LogP contribution in [0.5, 0.6) is 0 Å². The van der Waals surface area contributed by atoms with Gasteiger partial charge in [0.1, 0.15) is 0 Å². The van der Waals surface area contributed by atoms with Gasteiger partial charge in [-0.2, -0.15) is 0 Å². The topological polar surface area (TPSA) is 70.8 Å². The molecule has 2 aliphatic carbocycles. The minimum atomic E-state index is -1.92. The maximum Gasteiger partial charge on any atom is 0.269 e. The molecule has 1 aromatic carbocycles. The summed E-state index contributed by atoms with van der Waals surface area (Å²) < 4.78 is 0. The van der Waals surface area contributed by atoms with E-state index in [9.17, 15) is 14.7 Å². The Hall–Kier alpha value is -2.16. The molecule has 27 heavy (non-hydrogen) atoms. The average Bonchev–Trinajstić information content (AvgIpc) is 2.63. The van der Waals surface area contributed by atoms with Gasteiger partial charge in [-0.25, -0.2) is 6.57 Å². The SMILES string of the molecule is [C-]#[N+][C@H]1[C@@](C)(C=C)[C@H](Cl)C[C@@H]2C(C)(C)c3cccc(NC=O)c3C(=O)[C@]21O. The maximum atomic E-state index is 13.6. The molecule has 1 fully saturated rings. The molecule has 142 valence electrons. The Morgan fingerprint density at radius 2 is 2.07 bits per heavy atom. The summed E-state index contributed by atoms with van der Waals surface area (Å²) in [5, 5.41) is 13.9. The Morgan fingerprint density at radius 1 is 1.41 bits per heavy atom. The number of nitrogens with one attached hydrogen (secondary N) is 1. The van der Waals surface area contributed by atoms with Crippen LogP contribution in [0.25, 0.3) is 4.85 Å². The first-order valence-electron chi connectivity index (χ1n) is 8.85. The maximum absolute atomic E-state index is 13.6. The van der Waals surface area contributed by atoms with Crippen LogP contribution >= 0.6 is 11.6 Å². The van der Waals surface area contributed by atoms with E-state index in [1.807, 2.05) is 19.9 Å². The van der Waals surface area contributed by atoms with Gasteiger partial charge in [-0.15, -0.1) is 18.2 Å². The summed E-state index contributed by atoms with van der Waals surface area (Å²) in [7, 11) is 0. The Bertz CT molecular complexity index is 875. The van der Waals surface area contributed by atoms with Crippen molar-refractivity contribution in [3.63, 3.8) is 0 Å². The number of hydrogen-bond acceptors (Lipinski definition) is 3. The van der Waals surface area contributed by atoms with Crippen molar-refractivity contribution in [3.8, 4) is 0 Å². The van der Waals surface area contributed by atoms with Crippen molar-refractivity contribution in [2.75, 3.05) is 5.32 Å². The van der Waals surface area contributed by atoms with Crippen LogP contribution in [0.1, 0.15) is 43.1 Å². The van der Waals surface area contributed by atoms with Crippen LogP contribution in [0.4, 0.5) is 5.69 Å². The number of aliphatic hydroxyl groups is 1. The molecule has 0 bridgehead atoms. The van der Waals surface area contributed by atoms with Gasteiger partial charge in [-0.3, -0.25) is 9.59 Å². The van der Waals surface area contributed by atoms with Crippen molar-refractivity contribution in [1.82, 2.24) is 0 Å². The second kappa shape index (κ2) is 6.19. The van der Waals surface area contributed by atoms with Gasteiger partial charge >= 0.3 is 0 Å². The highest BCUT2D eigenvalue weighted by Crippen LogP contribution is 2.59. The second-order valence-corrected chi connectivity index (χ2v) is 8.75. The van der Waals surface area contributed by atoms with Crippen LogP contribution < -0.4 is 5.32 Å². The highest BCUT2D eigenvalue weighted by molar-refractivity contribution is 6.22. The van der Waals surface area contributed by atoms with E-state index in [1.54, 1.807) is 25.1 Å². The molecule has 0 aliphatic heterocycles. The van der Waals surface area contributed by atoms with E-state index in [1.165, 1.54) is 0 Å². The molecule has 5 atom stereocenters. The van der Waals surface area contributed by atoms with Crippen molar-refractivity contribution in [2.24, 2.45) is 11.3 Å². The lowest BCUT2D eigenvalue weighted by molar-refractivity contribution is -0.105. The van der Waals surface area contributed by atoms with Crippen LogP contribution in [0, 0.1) is 17.9 Å². The highest BCUT2D eigenvalue weighted by atomic mass is 35.5. The van der Waals surface area contributed by atoms with Gasteiger partial charge in [0, 0.05) is 11.5 Å². The first-order chi connectivity index (χ1) is 12.6. The fourth-order valence-electron chi connectivity index (χ4n) is 4.99. The van der Waals surface area contributed by atoms with Crippen LogP contribution in [0.2, 0.25) is 0 Å². The minimum Gasteiger partial charge on any atom is -0.374 e. The average molecular weight is 387 g/mol. The Kier molecular flexibility index (Phi) is 4.49. The number of benzene rings is 1. The Morgan fingerprint density at radius 3 is 2.63 bits per heavy atom. The molecular formula is C21H23ClN2O3. The Labute approximate surface area is 164 Å². The number of amides is 1. The van der Waals surface area contributed by atoms with E-state index < -0.39 is 39.6 Å². The zero-order chi connectivity index (χ0) is 20.2. The lowest BCUT2D eigenvalue weighted by atomic mass is 9.48. The van der Waals surface area contributed by atoms with Gasteiger partial charge in [-0.05, 0) is 30.4 Å². The smallest absolute Gasteiger partial charge is 0.269 e. The van der Waals surface area contributed by atoms with E-state index in [0.717, 1.165) is 5.56 Å². The van der Waals surface area contributed by atoms with E-state index in [-0.39, 0.29) is 5.56 Å². The first kappa shape index (κ1) is 19.6. The quantitative estimate of drug-likeness (QED) is 0.361. The molecule has 2 N–H and O–H groups in total. The number of hydrogen-bond donors (Lipinski definition) is 2. The molecule has 1 aromatic rings. The third kappa shape index (κ3) is 2.33.